The zero-order valence-corrected chi connectivity index (χ0v) is 16.3. The van der Waals surface area contributed by atoms with Gasteiger partial charge < -0.3 is 9.30 Å². The van der Waals surface area contributed by atoms with E-state index in [1.165, 1.54) is 9.25 Å². The fourth-order valence-corrected chi connectivity index (χ4v) is 3.89. The third-order valence-electron chi connectivity index (χ3n) is 3.90. The molecule has 0 saturated heterocycles. The van der Waals surface area contributed by atoms with Gasteiger partial charge in [-0.2, -0.15) is 10.1 Å². The van der Waals surface area contributed by atoms with Crippen LogP contribution in [0.15, 0.2) is 23.2 Å². The van der Waals surface area contributed by atoms with Gasteiger partial charge in [-0.3, -0.25) is 14.3 Å². The van der Waals surface area contributed by atoms with Crippen molar-refractivity contribution in [3.63, 3.8) is 0 Å². The predicted molar refractivity (Wildman–Crippen MR) is 98.6 cm³/mol. The van der Waals surface area contributed by atoms with E-state index in [1.807, 2.05) is 19.9 Å². The summed E-state index contributed by atoms with van der Waals surface area (Å²) in [5, 5.41) is 4.20. The fourth-order valence-electron chi connectivity index (χ4n) is 2.80. The Balaban J connectivity index is 2.06. The van der Waals surface area contributed by atoms with Crippen LogP contribution in [0.3, 0.4) is 0 Å². The summed E-state index contributed by atoms with van der Waals surface area (Å²) in [6.07, 6.45) is 0. The van der Waals surface area contributed by atoms with Gasteiger partial charge in [-0.05, 0) is 32.9 Å². The monoisotopic (exact) mass is 408 g/mol. The lowest BCUT2D eigenvalue weighted by atomic mass is 10.3. The zero-order chi connectivity index (χ0) is 20.4. The summed E-state index contributed by atoms with van der Waals surface area (Å²) in [5.74, 6) is -2.74. The number of hydrogen-bond donors (Lipinski definition) is 0. The van der Waals surface area contributed by atoms with Crippen molar-refractivity contribution in [1.82, 2.24) is 14.3 Å². The second-order valence-corrected chi connectivity index (χ2v) is 7.11. The quantitative estimate of drug-likeness (QED) is 0.608. The number of hydrogen-bond acceptors (Lipinski definition) is 5. The summed E-state index contributed by atoms with van der Waals surface area (Å²) in [4.78, 5) is 28.4. The molecule has 0 aliphatic carbocycles. The van der Waals surface area contributed by atoms with E-state index in [4.69, 9.17) is 4.74 Å². The molecular formula is C18H18F2N4O3S. The number of aromatic nitrogens is 3. The zero-order valence-electron chi connectivity index (χ0n) is 15.5. The van der Waals surface area contributed by atoms with E-state index >= 15 is 0 Å². The van der Waals surface area contributed by atoms with Crippen molar-refractivity contribution < 1.29 is 23.1 Å². The van der Waals surface area contributed by atoms with Crippen LogP contribution in [0.2, 0.25) is 0 Å². The molecule has 0 bridgehead atoms. The van der Waals surface area contributed by atoms with E-state index < -0.39 is 23.5 Å². The van der Waals surface area contributed by atoms with Crippen molar-refractivity contribution in [2.75, 3.05) is 6.61 Å². The van der Waals surface area contributed by atoms with Crippen LogP contribution in [0, 0.1) is 25.5 Å². The highest BCUT2D eigenvalue weighted by atomic mass is 32.1. The molecule has 28 heavy (non-hydrogen) atoms. The average molecular weight is 408 g/mol. The summed E-state index contributed by atoms with van der Waals surface area (Å²) in [6, 6.07) is 3.68. The molecule has 1 aromatic carbocycles. The highest BCUT2D eigenvalue weighted by Crippen LogP contribution is 2.22. The first-order chi connectivity index (χ1) is 13.3. The fraction of sp³-hybridized carbons (Fsp3) is 0.333. The normalized spacial score (nSPS) is 12.0. The van der Waals surface area contributed by atoms with Crippen molar-refractivity contribution in [2.24, 2.45) is 4.99 Å². The number of nitrogens with zero attached hydrogens (tertiary/aromatic N) is 4. The van der Waals surface area contributed by atoms with Crippen molar-refractivity contribution in [2.45, 2.75) is 33.9 Å². The van der Waals surface area contributed by atoms with E-state index in [-0.39, 0.29) is 34.7 Å². The number of aryl methyl sites for hydroxylation is 2. The third kappa shape index (κ3) is 4.16. The van der Waals surface area contributed by atoms with Crippen molar-refractivity contribution in [3.05, 3.63) is 46.0 Å². The molecule has 0 spiro atoms. The Morgan fingerprint density at radius 2 is 1.96 bits per heavy atom. The minimum absolute atomic E-state index is 0.00267. The lowest BCUT2D eigenvalue weighted by Gasteiger charge is -2.06. The number of benzene rings is 1. The van der Waals surface area contributed by atoms with Gasteiger partial charge in [0.2, 0.25) is 0 Å². The van der Waals surface area contributed by atoms with Crippen LogP contribution in [-0.2, 0) is 27.4 Å². The molecule has 7 nitrogen and oxygen atoms in total. The Labute approximate surface area is 162 Å². The number of halogens is 2. The van der Waals surface area contributed by atoms with E-state index in [0.717, 1.165) is 34.9 Å². The Morgan fingerprint density at radius 1 is 1.21 bits per heavy atom. The molecular weight excluding hydrogens is 390 g/mol. The number of rotatable bonds is 5. The predicted octanol–water partition coefficient (Wildman–Crippen LogP) is 2.48. The number of esters is 1. The molecule has 0 N–H and O–H groups in total. The number of amides is 1. The van der Waals surface area contributed by atoms with Crippen LogP contribution < -0.4 is 4.80 Å². The molecule has 3 aromatic rings. The van der Waals surface area contributed by atoms with Crippen LogP contribution in [0.25, 0.3) is 10.2 Å². The molecule has 0 unspecified atom stereocenters. The summed E-state index contributed by atoms with van der Waals surface area (Å²) in [7, 11) is 0. The molecule has 0 atom stereocenters. The molecule has 0 aliphatic rings. The molecule has 0 fully saturated rings. The Bertz CT molecular complexity index is 1130. The first kappa shape index (κ1) is 19.9. The molecule has 148 valence electrons. The Morgan fingerprint density at radius 3 is 2.61 bits per heavy atom. The smallest absolute Gasteiger partial charge is 0.326 e. The molecule has 10 heteroatoms. The van der Waals surface area contributed by atoms with Crippen LogP contribution >= 0.6 is 11.3 Å². The van der Waals surface area contributed by atoms with E-state index in [2.05, 4.69) is 10.1 Å². The topological polar surface area (TPSA) is 78.5 Å². The molecule has 0 aliphatic heterocycles. The second kappa shape index (κ2) is 8.01. The van der Waals surface area contributed by atoms with Gasteiger partial charge in [0.05, 0.1) is 22.5 Å². The summed E-state index contributed by atoms with van der Waals surface area (Å²) in [6.45, 7) is 4.97. The molecule has 1 amide bonds. The highest BCUT2D eigenvalue weighted by Gasteiger charge is 2.17. The number of ether oxygens (including phenoxy) is 1. The van der Waals surface area contributed by atoms with Crippen molar-refractivity contribution in [3.8, 4) is 0 Å². The van der Waals surface area contributed by atoms with Crippen LogP contribution in [0.5, 0.6) is 0 Å². The second-order valence-electron chi connectivity index (χ2n) is 6.10. The lowest BCUT2D eigenvalue weighted by Crippen LogP contribution is -2.24. The van der Waals surface area contributed by atoms with Gasteiger partial charge in [0.25, 0.3) is 5.91 Å². The minimum Gasteiger partial charge on any atom is -0.465 e. The average Bonchev–Trinajstić information content (AvgIpc) is 3.07. The highest BCUT2D eigenvalue weighted by molar-refractivity contribution is 7.16. The summed E-state index contributed by atoms with van der Waals surface area (Å²) in [5.41, 5.74) is 1.56. The summed E-state index contributed by atoms with van der Waals surface area (Å²) >= 11 is 0.919. The van der Waals surface area contributed by atoms with Gasteiger partial charge in [0.1, 0.15) is 18.9 Å². The van der Waals surface area contributed by atoms with Crippen LogP contribution in [0.1, 0.15) is 18.3 Å². The Hall–Kier alpha value is -2.88. The minimum atomic E-state index is -0.844. The third-order valence-corrected chi connectivity index (χ3v) is 4.92. The maximum atomic E-state index is 14.4. The Kier molecular flexibility index (Phi) is 5.68. The van der Waals surface area contributed by atoms with Gasteiger partial charge in [0.15, 0.2) is 10.6 Å². The maximum Gasteiger partial charge on any atom is 0.326 e. The number of carbonyl (C=O) groups excluding carboxylic acids is 2. The molecule has 2 heterocycles. The number of carbonyl (C=O) groups is 2. The SMILES string of the molecule is CCOC(=O)Cn1c(=NC(=O)Cn2nc(C)cc2C)sc2cc(F)cc(F)c21. The molecule has 0 radical (unpaired) electrons. The number of fused-ring (bicyclic) bond motifs is 1. The van der Waals surface area contributed by atoms with Crippen LogP contribution in [0.4, 0.5) is 8.78 Å². The first-order valence-corrected chi connectivity index (χ1v) is 9.32. The standard InChI is InChI=1S/C18H18F2N4O3S/c1-4-27-16(26)9-23-17-13(20)6-12(19)7-14(17)28-18(23)21-15(25)8-24-11(3)5-10(2)22-24/h5-7H,4,8-9H2,1-3H3. The lowest BCUT2D eigenvalue weighted by molar-refractivity contribution is -0.143. The van der Waals surface area contributed by atoms with Gasteiger partial charge in [-0.1, -0.05) is 11.3 Å². The maximum absolute atomic E-state index is 14.4. The molecule has 3 rings (SSSR count). The van der Waals surface area contributed by atoms with Gasteiger partial charge in [-0.25, -0.2) is 8.78 Å². The van der Waals surface area contributed by atoms with Gasteiger partial charge in [0, 0.05) is 11.8 Å². The van der Waals surface area contributed by atoms with Gasteiger partial charge in [-0.15, -0.1) is 0 Å². The van der Waals surface area contributed by atoms with Gasteiger partial charge >= 0.3 is 5.97 Å². The summed E-state index contributed by atoms with van der Waals surface area (Å²) < 4.78 is 35.8. The largest absolute Gasteiger partial charge is 0.465 e. The van der Waals surface area contributed by atoms with Crippen LogP contribution in [-0.4, -0.2) is 32.8 Å². The van der Waals surface area contributed by atoms with Crippen molar-refractivity contribution in [1.29, 1.82) is 0 Å². The van der Waals surface area contributed by atoms with Crippen molar-refractivity contribution >= 4 is 33.4 Å². The molecule has 2 aromatic heterocycles. The first-order valence-electron chi connectivity index (χ1n) is 8.51. The number of thiazole rings is 1. The molecule has 0 saturated carbocycles. The van der Waals surface area contributed by atoms with E-state index in [1.54, 1.807) is 6.92 Å². The van der Waals surface area contributed by atoms with E-state index in [9.17, 15) is 18.4 Å². The van der Waals surface area contributed by atoms with E-state index in [0.29, 0.717) is 0 Å².